The Hall–Kier alpha value is -0.890. The lowest BCUT2D eigenvalue weighted by Crippen LogP contribution is -1.89. The third kappa shape index (κ3) is 2.78. The zero-order valence-electron chi connectivity index (χ0n) is 9.95. The first-order valence-electron chi connectivity index (χ1n) is 5.64. The highest BCUT2D eigenvalue weighted by atomic mass is 32.1. The summed E-state index contributed by atoms with van der Waals surface area (Å²) in [5.41, 5.74) is 4.46. The summed E-state index contributed by atoms with van der Waals surface area (Å²) in [6, 6.07) is 6.57. The first-order chi connectivity index (χ1) is 7.31. The number of aromatic nitrogens is 1. The molecule has 1 aromatic heterocycles. The van der Waals surface area contributed by atoms with Gasteiger partial charge in [0.2, 0.25) is 0 Å². The largest absolute Gasteiger partial charge is 0.245 e. The second kappa shape index (κ2) is 5.86. The Labute approximate surface area is 96.2 Å². The van der Waals surface area contributed by atoms with Crippen molar-refractivity contribution in [1.82, 2.24) is 4.98 Å². The fraction of sp³-hybridized carbons (Fsp3) is 0.462. The molecule has 0 aliphatic heterocycles. The van der Waals surface area contributed by atoms with Gasteiger partial charge in [0.1, 0.15) is 0 Å². The van der Waals surface area contributed by atoms with Gasteiger partial charge in [-0.1, -0.05) is 33.8 Å². The van der Waals surface area contributed by atoms with E-state index in [1.54, 1.807) is 11.3 Å². The molecular weight excluding hydrogens is 202 g/mol. The van der Waals surface area contributed by atoms with Gasteiger partial charge in [-0.25, -0.2) is 4.98 Å². The lowest BCUT2D eigenvalue weighted by molar-refractivity contribution is 0.735. The van der Waals surface area contributed by atoms with Gasteiger partial charge in [-0.2, -0.15) is 0 Å². The molecule has 0 radical (unpaired) electrons. The van der Waals surface area contributed by atoms with Crippen LogP contribution in [0.3, 0.4) is 0 Å². The van der Waals surface area contributed by atoms with E-state index >= 15 is 0 Å². The van der Waals surface area contributed by atoms with Crippen LogP contribution in [0, 0.1) is 0 Å². The van der Waals surface area contributed by atoms with Crippen molar-refractivity contribution in [3.8, 4) is 0 Å². The SMILES string of the molecule is CC.CCC(C)c1ccc2ncsc2c1. The van der Waals surface area contributed by atoms with E-state index in [9.17, 15) is 0 Å². The zero-order valence-corrected chi connectivity index (χ0v) is 10.8. The molecular formula is C13H19NS. The van der Waals surface area contributed by atoms with Crippen LogP contribution in [0.2, 0.25) is 0 Å². The molecule has 1 atom stereocenters. The summed E-state index contributed by atoms with van der Waals surface area (Å²) in [5, 5.41) is 0. The molecule has 0 aliphatic rings. The minimum Gasteiger partial charge on any atom is -0.245 e. The van der Waals surface area contributed by atoms with Crippen molar-refractivity contribution in [3.63, 3.8) is 0 Å². The highest BCUT2D eigenvalue weighted by Crippen LogP contribution is 2.25. The quantitative estimate of drug-likeness (QED) is 0.707. The van der Waals surface area contributed by atoms with E-state index in [0.29, 0.717) is 5.92 Å². The Bertz CT molecular complexity index is 406. The maximum absolute atomic E-state index is 4.26. The molecule has 15 heavy (non-hydrogen) atoms. The van der Waals surface area contributed by atoms with Crippen LogP contribution in [0.15, 0.2) is 23.7 Å². The maximum Gasteiger partial charge on any atom is 0.0812 e. The van der Waals surface area contributed by atoms with Crippen LogP contribution in [0.1, 0.15) is 45.6 Å². The van der Waals surface area contributed by atoms with Crippen LogP contribution in [0.4, 0.5) is 0 Å². The van der Waals surface area contributed by atoms with E-state index in [-0.39, 0.29) is 0 Å². The third-order valence-electron chi connectivity index (χ3n) is 2.54. The van der Waals surface area contributed by atoms with Gasteiger partial charge in [-0.3, -0.25) is 0 Å². The summed E-state index contributed by atoms with van der Waals surface area (Å²) >= 11 is 1.72. The summed E-state index contributed by atoms with van der Waals surface area (Å²) < 4.78 is 1.30. The predicted molar refractivity (Wildman–Crippen MR) is 69.7 cm³/mol. The molecule has 0 aliphatic carbocycles. The smallest absolute Gasteiger partial charge is 0.0812 e. The lowest BCUT2D eigenvalue weighted by atomic mass is 9.99. The average molecular weight is 221 g/mol. The zero-order chi connectivity index (χ0) is 11.3. The van der Waals surface area contributed by atoms with Gasteiger partial charge in [0.15, 0.2) is 0 Å². The topological polar surface area (TPSA) is 12.9 Å². The molecule has 2 aromatic rings. The van der Waals surface area contributed by atoms with E-state index in [1.807, 2.05) is 19.4 Å². The Morgan fingerprint density at radius 1 is 1.33 bits per heavy atom. The molecule has 0 saturated carbocycles. The Morgan fingerprint density at radius 3 is 2.73 bits per heavy atom. The van der Waals surface area contributed by atoms with Gasteiger partial charge in [-0.15, -0.1) is 11.3 Å². The molecule has 2 rings (SSSR count). The van der Waals surface area contributed by atoms with Gasteiger partial charge >= 0.3 is 0 Å². The number of nitrogens with zero attached hydrogens (tertiary/aromatic N) is 1. The number of rotatable bonds is 2. The summed E-state index contributed by atoms with van der Waals surface area (Å²) in [6.07, 6.45) is 1.20. The van der Waals surface area contributed by atoms with Crippen LogP contribution in [0.25, 0.3) is 10.2 Å². The number of fused-ring (bicyclic) bond motifs is 1. The second-order valence-electron chi connectivity index (χ2n) is 3.39. The standard InChI is InChI=1S/C11H13NS.C2H6/c1-3-8(2)9-4-5-10-11(6-9)13-7-12-10;1-2/h4-8H,3H2,1-2H3;1-2H3. The van der Waals surface area contributed by atoms with E-state index in [0.717, 1.165) is 5.52 Å². The Kier molecular flexibility index (Phi) is 4.76. The van der Waals surface area contributed by atoms with Crippen LogP contribution in [-0.2, 0) is 0 Å². The summed E-state index contributed by atoms with van der Waals surface area (Å²) in [7, 11) is 0. The molecule has 0 bridgehead atoms. The van der Waals surface area contributed by atoms with Crippen LogP contribution < -0.4 is 0 Å². The Morgan fingerprint density at radius 2 is 2.07 bits per heavy atom. The number of hydrogen-bond acceptors (Lipinski definition) is 2. The van der Waals surface area contributed by atoms with Gasteiger partial charge in [0.25, 0.3) is 0 Å². The minimum absolute atomic E-state index is 0.659. The van der Waals surface area contributed by atoms with Crippen molar-refractivity contribution in [2.24, 2.45) is 0 Å². The Balaban J connectivity index is 0.000000531. The van der Waals surface area contributed by atoms with Crippen molar-refractivity contribution in [3.05, 3.63) is 29.3 Å². The highest BCUT2D eigenvalue weighted by Gasteiger charge is 2.04. The fourth-order valence-corrected chi connectivity index (χ4v) is 2.14. The average Bonchev–Trinajstić information content (AvgIpc) is 2.77. The summed E-state index contributed by atoms with van der Waals surface area (Å²) in [5.74, 6) is 0.659. The molecule has 1 aromatic carbocycles. The molecule has 0 saturated heterocycles. The summed E-state index contributed by atoms with van der Waals surface area (Å²) in [6.45, 7) is 8.49. The molecule has 0 N–H and O–H groups in total. The molecule has 0 amide bonds. The molecule has 82 valence electrons. The molecule has 2 heteroatoms. The number of benzene rings is 1. The van der Waals surface area contributed by atoms with Gasteiger partial charge in [-0.05, 0) is 30.0 Å². The maximum atomic E-state index is 4.26. The highest BCUT2D eigenvalue weighted by molar-refractivity contribution is 7.16. The van der Waals surface area contributed by atoms with Crippen molar-refractivity contribution in [2.75, 3.05) is 0 Å². The van der Waals surface area contributed by atoms with Gasteiger partial charge < -0.3 is 0 Å². The third-order valence-corrected chi connectivity index (χ3v) is 3.33. The van der Waals surface area contributed by atoms with Crippen molar-refractivity contribution >= 4 is 21.6 Å². The number of hydrogen-bond donors (Lipinski definition) is 0. The molecule has 1 nitrogen and oxygen atoms in total. The van der Waals surface area contributed by atoms with E-state index in [1.165, 1.54) is 16.7 Å². The van der Waals surface area contributed by atoms with Gasteiger partial charge in [0.05, 0.1) is 15.7 Å². The minimum atomic E-state index is 0.659. The monoisotopic (exact) mass is 221 g/mol. The van der Waals surface area contributed by atoms with Crippen molar-refractivity contribution in [1.29, 1.82) is 0 Å². The normalized spacial score (nSPS) is 12.0. The van der Waals surface area contributed by atoms with Crippen LogP contribution >= 0.6 is 11.3 Å². The second-order valence-corrected chi connectivity index (χ2v) is 4.28. The first kappa shape index (κ1) is 12.2. The fourth-order valence-electron chi connectivity index (χ4n) is 1.41. The molecule has 0 fully saturated rings. The lowest BCUT2D eigenvalue weighted by Gasteiger charge is -2.07. The van der Waals surface area contributed by atoms with Gasteiger partial charge in [0, 0.05) is 0 Å². The van der Waals surface area contributed by atoms with Crippen molar-refractivity contribution in [2.45, 2.75) is 40.0 Å². The van der Waals surface area contributed by atoms with E-state index in [2.05, 4.69) is 37.0 Å². The van der Waals surface area contributed by atoms with E-state index in [4.69, 9.17) is 0 Å². The number of thiazole rings is 1. The van der Waals surface area contributed by atoms with E-state index < -0.39 is 0 Å². The molecule has 1 heterocycles. The van der Waals surface area contributed by atoms with Crippen molar-refractivity contribution < 1.29 is 0 Å². The predicted octanol–water partition coefficient (Wildman–Crippen LogP) is 4.84. The first-order valence-corrected chi connectivity index (χ1v) is 6.52. The summed E-state index contributed by atoms with van der Waals surface area (Å²) in [4.78, 5) is 4.26. The molecule has 0 spiro atoms. The van der Waals surface area contributed by atoms with Crippen LogP contribution in [-0.4, -0.2) is 4.98 Å². The van der Waals surface area contributed by atoms with Crippen LogP contribution in [0.5, 0.6) is 0 Å². The molecule has 1 unspecified atom stereocenters.